The molecule has 1 aliphatic rings. The van der Waals surface area contributed by atoms with Crippen LogP contribution in [0.1, 0.15) is 5.56 Å². The van der Waals surface area contributed by atoms with Crippen molar-refractivity contribution in [2.45, 2.75) is 6.54 Å². The summed E-state index contributed by atoms with van der Waals surface area (Å²) in [6.45, 7) is 0.782. The Labute approximate surface area is 178 Å². The Hall–Kier alpha value is -3.79. The second-order valence-corrected chi connectivity index (χ2v) is 8.86. The number of rotatable bonds is 6. The van der Waals surface area contributed by atoms with Gasteiger partial charge in [0, 0.05) is 30.2 Å². The molecule has 4 aromatic rings. The standard InChI is InChI=1S/C21H19N5O4S/c1-31(27,28)25-16-4-2-3-15(10-16)17-12-24-21-20(22-7-8-26(17)21)23-11-14-5-6-18-19(9-14)30-13-29-18/h2-10,12,25H,11,13H2,1H3,(H,22,23). The third-order valence-electron chi connectivity index (χ3n) is 4.79. The van der Waals surface area contributed by atoms with Crippen LogP contribution in [0.3, 0.4) is 0 Å². The van der Waals surface area contributed by atoms with E-state index in [0.717, 1.165) is 34.6 Å². The monoisotopic (exact) mass is 437 g/mol. The first-order valence-corrected chi connectivity index (χ1v) is 11.4. The van der Waals surface area contributed by atoms with Crippen LogP contribution in [0.4, 0.5) is 11.5 Å². The predicted octanol–water partition coefficient (Wildman–Crippen LogP) is 3.11. The van der Waals surface area contributed by atoms with Crippen LogP contribution >= 0.6 is 0 Å². The van der Waals surface area contributed by atoms with Crippen LogP contribution in [0.5, 0.6) is 11.5 Å². The summed E-state index contributed by atoms with van der Waals surface area (Å²) in [4.78, 5) is 8.95. The molecule has 2 N–H and O–H groups in total. The average molecular weight is 437 g/mol. The van der Waals surface area contributed by atoms with Crippen molar-refractivity contribution >= 4 is 27.2 Å². The summed E-state index contributed by atoms with van der Waals surface area (Å²) in [6.07, 6.45) is 6.37. The molecule has 0 aliphatic carbocycles. The van der Waals surface area contributed by atoms with Crippen LogP contribution in [-0.2, 0) is 16.6 Å². The topological polar surface area (TPSA) is 107 Å². The maximum atomic E-state index is 11.5. The molecule has 10 heteroatoms. The second kappa shape index (κ2) is 7.47. The van der Waals surface area contributed by atoms with E-state index in [0.29, 0.717) is 23.7 Å². The van der Waals surface area contributed by atoms with Gasteiger partial charge in [-0.2, -0.15) is 0 Å². The fourth-order valence-corrected chi connectivity index (χ4v) is 4.01. The molecular weight excluding hydrogens is 418 g/mol. The van der Waals surface area contributed by atoms with Gasteiger partial charge in [0.05, 0.1) is 18.1 Å². The van der Waals surface area contributed by atoms with E-state index in [9.17, 15) is 8.42 Å². The molecule has 0 atom stereocenters. The lowest BCUT2D eigenvalue weighted by Crippen LogP contribution is -2.09. The number of hydrogen-bond donors (Lipinski definition) is 2. The maximum absolute atomic E-state index is 11.5. The van der Waals surface area contributed by atoms with Gasteiger partial charge in [-0.3, -0.25) is 9.12 Å². The van der Waals surface area contributed by atoms with E-state index in [4.69, 9.17) is 9.47 Å². The molecule has 2 aromatic heterocycles. The van der Waals surface area contributed by atoms with E-state index < -0.39 is 10.0 Å². The number of imidazole rings is 1. The normalized spacial score (nSPS) is 12.8. The number of anilines is 2. The number of benzene rings is 2. The molecular formula is C21H19N5O4S. The molecule has 0 radical (unpaired) electrons. The van der Waals surface area contributed by atoms with Crippen molar-refractivity contribution in [1.29, 1.82) is 0 Å². The first kappa shape index (κ1) is 19.2. The van der Waals surface area contributed by atoms with Gasteiger partial charge in [0.25, 0.3) is 0 Å². The van der Waals surface area contributed by atoms with Crippen LogP contribution in [0.2, 0.25) is 0 Å². The zero-order valence-electron chi connectivity index (χ0n) is 16.6. The lowest BCUT2D eigenvalue weighted by molar-refractivity contribution is 0.174. The summed E-state index contributed by atoms with van der Waals surface area (Å²) in [5, 5.41) is 3.32. The number of ether oxygens (including phenoxy) is 2. The van der Waals surface area contributed by atoms with Crippen molar-refractivity contribution in [1.82, 2.24) is 14.4 Å². The fraction of sp³-hybridized carbons (Fsp3) is 0.143. The van der Waals surface area contributed by atoms with Gasteiger partial charge in [-0.15, -0.1) is 0 Å². The number of nitrogens with one attached hydrogen (secondary N) is 2. The van der Waals surface area contributed by atoms with E-state index in [1.54, 1.807) is 30.6 Å². The molecule has 0 saturated heterocycles. The quantitative estimate of drug-likeness (QED) is 0.477. The van der Waals surface area contributed by atoms with Crippen LogP contribution in [0, 0.1) is 0 Å². The van der Waals surface area contributed by atoms with Crippen molar-refractivity contribution < 1.29 is 17.9 Å². The Balaban J connectivity index is 1.42. The van der Waals surface area contributed by atoms with Crippen LogP contribution in [0.15, 0.2) is 61.1 Å². The largest absolute Gasteiger partial charge is 0.454 e. The molecule has 5 rings (SSSR count). The molecule has 0 unspecified atom stereocenters. The summed E-state index contributed by atoms with van der Waals surface area (Å²) >= 11 is 0. The number of fused-ring (bicyclic) bond motifs is 2. The molecule has 0 fully saturated rings. The number of aromatic nitrogens is 3. The summed E-state index contributed by atoms with van der Waals surface area (Å²) in [7, 11) is -3.36. The van der Waals surface area contributed by atoms with Gasteiger partial charge in [-0.1, -0.05) is 18.2 Å². The smallest absolute Gasteiger partial charge is 0.231 e. The van der Waals surface area contributed by atoms with Gasteiger partial charge in [0.2, 0.25) is 16.8 Å². The number of hydrogen-bond acceptors (Lipinski definition) is 7. The Morgan fingerprint density at radius 1 is 1.10 bits per heavy atom. The average Bonchev–Trinajstić information content (AvgIpc) is 3.38. The third kappa shape index (κ3) is 3.97. The van der Waals surface area contributed by atoms with E-state index >= 15 is 0 Å². The third-order valence-corrected chi connectivity index (χ3v) is 5.39. The maximum Gasteiger partial charge on any atom is 0.231 e. The minimum atomic E-state index is -3.36. The number of nitrogens with zero attached hydrogens (tertiary/aromatic N) is 3. The van der Waals surface area contributed by atoms with Gasteiger partial charge in [-0.05, 0) is 29.8 Å². The van der Waals surface area contributed by atoms with Gasteiger partial charge in [0.15, 0.2) is 23.0 Å². The van der Waals surface area contributed by atoms with E-state index in [2.05, 4.69) is 20.0 Å². The minimum absolute atomic E-state index is 0.241. The van der Waals surface area contributed by atoms with Crippen LogP contribution in [0.25, 0.3) is 16.9 Å². The SMILES string of the molecule is CS(=O)(=O)Nc1cccc(-c2cnc3c(NCc4ccc5c(c4)OCO5)nccn23)c1. The lowest BCUT2D eigenvalue weighted by atomic mass is 10.1. The summed E-state index contributed by atoms with van der Waals surface area (Å²) < 4.78 is 38.3. The molecule has 0 amide bonds. The molecule has 3 heterocycles. The van der Waals surface area contributed by atoms with Crippen molar-refractivity contribution in [2.75, 3.05) is 23.1 Å². The molecule has 0 bridgehead atoms. The highest BCUT2D eigenvalue weighted by Gasteiger charge is 2.14. The summed E-state index contributed by atoms with van der Waals surface area (Å²) in [5.74, 6) is 2.11. The molecule has 31 heavy (non-hydrogen) atoms. The molecule has 1 aliphatic heterocycles. The Morgan fingerprint density at radius 2 is 1.97 bits per heavy atom. The van der Waals surface area contributed by atoms with E-state index in [1.807, 2.05) is 34.9 Å². The fourth-order valence-electron chi connectivity index (χ4n) is 3.45. The molecule has 0 spiro atoms. The Morgan fingerprint density at radius 3 is 2.84 bits per heavy atom. The molecule has 0 saturated carbocycles. The van der Waals surface area contributed by atoms with Crippen LogP contribution in [-0.4, -0.2) is 35.8 Å². The zero-order valence-corrected chi connectivity index (χ0v) is 17.4. The highest BCUT2D eigenvalue weighted by Crippen LogP contribution is 2.33. The highest BCUT2D eigenvalue weighted by molar-refractivity contribution is 7.92. The predicted molar refractivity (Wildman–Crippen MR) is 117 cm³/mol. The first-order valence-electron chi connectivity index (χ1n) is 9.49. The first-order chi connectivity index (χ1) is 15.0. The second-order valence-electron chi connectivity index (χ2n) is 7.11. The Kier molecular flexibility index (Phi) is 4.63. The van der Waals surface area contributed by atoms with Crippen molar-refractivity contribution in [2.24, 2.45) is 0 Å². The minimum Gasteiger partial charge on any atom is -0.454 e. The highest BCUT2D eigenvalue weighted by atomic mass is 32.2. The van der Waals surface area contributed by atoms with Gasteiger partial charge in [-0.25, -0.2) is 18.4 Å². The summed E-state index contributed by atoms with van der Waals surface area (Å²) in [6, 6.07) is 13.0. The van der Waals surface area contributed by atoms with Crippen molar-refractivity contribution in [3.8, 4) is 22.8 Å². The van der Waals surface area contributed by atoms with Crippen LogP contribution < -0.4 is 19.5 Å². The molecule has 9 nitrogen and oxygen atoms in total. The summed E-state index contributed by atoms with van der Waals surface area (Å²) in [5.41, 5.74) is 3.83. The van der Waals surface area contributed by atoms with Gasteiger partial charge >= 0.3 is 0 Å². The molecule has 2 aromatic carbocycles. The zero-order chi connectivity index (χ0) is 21.4. The van der Waals surface area contributed by atoms with Gasteiger partial charge < -0.3 is 14.8 Å². The van der Waals surface area contributed by atoms with E-state index in [-0.39, 0.29) is 6.79 Å². The lowest BCUT2D eigenvalue weighted by Gasteiger charge is -2.09. The van der Waals surface area contributed by atoms with Crippen molar-refractivity contribution in [3.05, 3.63) is 66.6 Å². The Bertz CT molecular complexity index is 1380. The van der Waals surface area contributed by atoms with E-state index in [1.165, 1.54) is 0 Å². The number of sulfonamides is 1. The van der Waals surface area contributed by atoms with Gasteiger partial charge in [0.1, 0.15) is 0 Å². The molecule has 158 valence electrons. The van der Waals surface area contributed by atoms with Crippen molar-refractivity contribution in [3.63, 3.8) is 0 Å².